The Morgan fingerprint density at radius 3 is 2.53 bits per heavy atom. The van der Waals surface area contributed by atoms with Crippen LogP contribution in [0.1, 0.15) is 49.3 Å². The third kappa shape index (κ3) is 3.81. The van der Waals surface area contributed by atoms with E-state index in [0.717, 1.165) is 5.69 Å². The molecule has 0 aliphatic carbocycles. The second-order valence-electron chi connectivity index (χ2n) is 4.76. The second-order valence-corrected chi connectivity index (χ2v) is 4.76. The van der Waals surface area contributed by atoms with Crippen LogP contribution in [0.25, 0.3) is 0 Å². The van der Waals surface area contributed by atoms with Crippen LogP contribution in [-0.2, 0) is 11.8 Å². The highest BCUT2D eigenvalue weighted by atomic mass is 16.4. The molecule has 0 aliphatic heterocycles. The fourth-order valence-electron chi connectivity index (χ4n) is 1.92. The minimum absolute atomic E-state index is 0.0521. The van der Waals surface area contributed by atoms with E-state index in [2.05, 4.69) is 5.10 Å². The van der Waals surface area contributed by atoms with Gasteiger partial charge in [0.2, 0.25) is 0 Å². The maximum Gasteiger partial charge on any atom is 0.305 e. The van der Waals surface area contributed by atoms with Gasteiger partial charge in [0.1, 0.15) is 0 Å². The van der Waals surface area contributed by atoms with Gasteiger partial charge in [-0.15, -0.1) is 0 Å². The van der Waals surface area contributed by atoms with Gasteiger partial charge in [-0.2, -0.15) is 5.10 Å². The monoisotopic (exact) mass is 267 g/mol. The number of carbonyl (C=O) groups excluding carboxylic acids is 1. The highest BCUT2D eigenvalue weighted by Gasteiger charge is 2.20. The lowest BCUT2D eigenvalue weighted by Gasteiger charge is -2.18. The first-order valence-corrected chi connectivity index (χ1v) is 6.41. The van der Waals surface area contributed by atoms with E-state index in [1.165, 1.54) is 4.90 Å². The van der Waals surface area contributed by atoms with Crippen molar-refractivity contribution < 1.29 is 14.7 Å². The molecule has 0 atom stereocenters. The van der Waals surface area contributed by atoms with Crippen molar-refractivity contribution >= 4 is 11.9 Å². The lowest BCUT2D eigenvalue weighted by Crippen LogP contribution is -2.33. The molecule has 19 heavy (non-hydrogen) atoms. The Balaban J connectivity index is 2.85. The zero-order valence-electron chi connectivity index (χ0n) is 11.9. The zero-order chi connectivity index (χ0) is 14.6. The molecular formula is C13H21N3O3. The first kappa shape index (κ1) is 15.2. The first-order chi connectivity index (χ1) is 8.86. The molecule has 1 amide bonds. The minimum Gasteiger partial charge on any atom is -0.481 e. The van der Waals surface area contributed by atoms with Gasteiger partial charge >= 0.3 is 5.97 Å². The smallest absolute Gasteiger partial charge is 0.305 e. The van der Waals surface area contributed by atoms with Gasteiger partial charge in [0.05, 0.1) is 6.42 Å². The van der Waals surface area contributed by atoms with Gasteiger partial charge in [-0.3, -0.25) is 14.3 Å². The van der Waals surface area contributed by atoms with Gasteiger partial charge in [0.25, 0.3) is 5.91 Å². The summed E-state index contributed by atoms with van der Waals surface area (Å²) in [5, 5.41) is 12.9. The van der Waals surface area contributed by atoms with Crippen LogP contribution in [0.4, 0.5) is 0 Å². The van der Waals surface area contributed by atoms with Crippen LogP contribution in [0.15, 0.2) is 6.07 Å². The van der Waals surface area contributed by atoms with Crippen molar-refractivity contribution in [2.45, 2.75) is 33.1 Å². The molecule has 0 saturated carbocycles. The van der Waals surface area contributed by atoms with E-state index in [0.29, 0.717) is 12.2 Å². The lowest BCUT2D eigenvalue weighted by atomic mass is 10.1. The summed E-state index contributed by atoms with van der Waals surface area (Å²) in [4.78, 5) is 24.3. The highest BCUT2D eigenvalue weighted by Crippen LogP contribution is 2.15. The molecule has 0 saturated heterocycles. The summed E-state index contributed by atoms with van der Waals surface area (Å²) in [6.45, 7) is 6.57. The minimum atomic E-state index is -0.907. The summed E-state index contributed by atoms with van der Waals surface area (Å²) in [5.74, 6) is -0.838. The predicted octanol–water partition coefficient (Wildman–Crippen LogP) is 1.48. The largest absolute Gasteiger partial charge is 0.481 e. The molecule has 1 rings (SSSR count). The number of aryl methyl sites for hydroxylation is 1. The van der Waals surface area contributed by atoms with Crippen LogP contribution in [0.5, 0.6) is 0 Å². The molecule has 1 heterocycles. The van der Waals surface area contributed by atoms with E-state index >= 15 is 0 Å². The molecule has 6 heteroatoms. The van der Waals surface area contributed by atoms with Crippen molar-refractivity contribution in [2.24, 2.45) is 7.05 Å². The summed E-state index contributed by atoms with van der Waals surface area (Å²) in [7, 11) is 1.81. The zero-order valence-corrected chi connectivity index (χ0v) is 11.9. The molecule has 0 fully saturated rings. The van der Waals surface area contributed by atoms with Gasteiger partial charge in [0.15, 0.2) is 5.69 Å². The number of rotatable bonds is 6. The fraction of sp³-hybridized carbons (Fsp3) is 0.615. The van der Waals surface area contributed by atoms with Crippen LogP contribution in [0.3, 0.4) is 0 Å². The number of carbonyl (C=O) groups is 2. The van der Waals surface area contributed by atoms with Gasteiger partial charge in [0, 0.05) is 25.8 Å². The topological polar surface area (TPSA) is 75.4 Å². The summed E-state index contributed by atoms with van der Waals surface area (Å²) in [5.41, 5.74) is 1.36. The number of amides is 1. The Morgan fingerprint density at radius 1 is 1.47 bits per heavy atom. The van der Waals surface area contributed by atoms with E-state index < -0.39 is 5.97 Å². The normalized spacial score (nSPS) is 10.8. The molecule has 6 nitrogen and oxygen atoms in total. The van der Waals surface area contributed by atoms with E-state index in [-0.39, 0.29) is 24.8 Å². The van der Waals surface area contributed by atoms with Gasteiger partial charge in [-0.25, -0.2) is 0 Å². The second kappa shape index (κ2) is 6.36. The Morgan fingerprint density at radius 2 is 2.11 bits per heavy atom. The molecule has 1 aromatic heterocycles. The molecule has 0 bridgehead atoms. The van der Waals surface area contributed by atoms with Crippen molar-refractivity contribution in [1.29, 1.82) is 0 Å². The van der Waals surface area contributed by atoms with Crippen LogP contribution in [0, 0.1) is 0 Å². The standard InChI is InChI=1S/C13H21N3O3/c1-5-16(7-6-12(17)18)13(19)10-8-11(9(2)3)15(4)14-10/h8-9H,5-7H2,1-4H3,(H,17,18). The number of hydrogen-bond donors (Lipinski definition) is 1. The number of hydrogen-bond acceptors (Lipinski definition) is 3. The molecule has 1 N–H and O–H groups in total. The summed E-state index contributed by atoms with van der Waals surface area (Å²) < 4.78 is 1.70. The fourth-order valence-corrected chi connectivity index (χ4v) is 1.92. The first-order valence-electron chi connectivity index (χ1n) is 6.41. The molecule has 106 valence electrons. The maximum atomic E-state index is 12.2. The van der Waals surface area contributed by atoms with Crippen molar-refractivity contribution in [1.82, 2.24) is 14.7 Å². The number of carboxylic acid groups (broad SMARTS) is 1. The van der Waals surface area contributed by atoms with Crippen LogP contribution in [-0.4, -0.2) is 44.8 Å². The van der Waals surface area contributed by atoms with E-state index in [1.54, 1.807) is 17.8 Å². The number of carboxylic acids is 1. The average Bonchev–Trinajstić information content (AvgIpc) is 2.71. The Labute approximate surface area is 113 Å². The molecule has 1 aromatic rings. The van der Waals surface area contributed by atoms with Gasteiger partial charge in [-0.1, -0.05) is 13.8 Å². The van der Waals surface area contributed by atoms with Crippen molar-refractivity contribution in [3.63, 3.8) is 0 Å². The van der Waals surface area contributed by atoms with E-state index in [1.807, 2.05) is 20.8 Å². The molecular weight excluding hydrogens is 246 g/mol. The third-order valence-electron chi connectivity index (χ3n) is 2.99. The Kier molecular flexibility index (Phi) is 5.09. The molecule has 0 radical (unpaired) electrons. The highest BCUT2D eigenvalue weighted by molar-refractivity contribution is 5.92. The van der Waals surface area contributed by atoms with Crippen LogP contribution < -0.4 is 0 Å². The maximum absolute atomic E-state index is 12.2. The Bertz CT molecular complexity index is 466. The molecule has 0 aliphatic rings. The van der Waals surface area contributed by atoms with Crippen molar-refractivity contribution in [2.75, 3.05) is 13.1 Å². The van der Waals surface area contributed by atoms with Crippen LogP contribution >= 0.6 is 0 Å². The summed E-state index contributed by atoms with van der Waals surface area (Å²) >= 11 is 0. The number of aromatic nitrogens is 2. The average molecular weight is 267 g/mol. The number of aliphatic carboxylic acids is 1. The van der Waals surface area contributed by atoms with Crippen molar-refractivity contribution in [3.05, 3.63) is 17.5 Å². The quantitative estimate of drug-likeness (QED) is 0.847. The van der Waals surface area contributed by atoms with E-state index in [4.69, 9.17) is 5.11 Å². The van der Waals surface area contributed by atoms with Gasteiger partial charge in [-0.05, 0) is 18.9 Å². The summed E-state index contributed by atoms with van der Waals surface area (Å²) in [6, 6.07) is 1.77. The third-order valence-corrected chi connectivity index (χ3v) is 2.99. The Hall–Kier alpha value is -1.85. The number of nitrogens with zero attached hydrogens (tertiary/aromatic N) is 3. The SMILES string of the molecule is CCN(CCC(=O)O)C(=O)c1cc(C(C)C)n(C)n1. The van der Waals surface area contributed by atoms with E-state index in [9.17, 15) is 9.59 Å². The molecule has 0 unspecified atom stereocenters. The van der Waals surface area contributed by atoms with Crippen molar-refractivity contribution in [3.8, 4) is 0 Å². The van der Waals surface area contributed by atoms with Gasteiger partial charge < -0.3 is 10.0 Å². The summed E-state index contributed by atoms with van der Waals surface area (Å²) in [6.07, 6.45) is -0.0521. The lowest BCUT2D eigenvalue weighted by molar-refractivity contribution is -0.137. The molecule has 0 aromatic carbocycles. The predicted molar refractivity (Wildman–Crippen MR) is 71.1 cm³/mol. The van der Waals surface area contributed by atoms with Crippen LogP contribution in [0.2, 0.25) is 0 Å². The molecule has 0 spiro atoms.